The number of rotatable bonds is 4. The topological polar surface area (TPSA) is 99.4 Å². The first-order chi connectivity index (χ1) is 10.5. The number of carboxylic acid groups (broad SMARTS) is 1. The van der Waals surface area contributed by atoms with E-state index in [-0.39, 0.29) is 0 Å². The first-order valence-electron chi connectivity index (χ1n) is 7.34. The molecule has 1 aliphatic heterocycles. The summed E-state index contributed by atoms with van der Waals surface area (Å²) in [6, 6.07) is 4.49. The number of aromatic nitrogens is 1. The van der Waals surface area contributed by atoms with Crippen LogP contribution in [0.5, 0.6) is 0 Å². The number of nitrogens with two attached hydrogens (primary N) is 1. The summed E-state index contributed by atoms with van der Waals surface area (Å²) in [6.45, 7) is 2.52. The molecule has 1 amide bonds. The SMILES string of the molecule is Cc1ccc2[nH]cc([C@@H](C(=O)O)N3CCC[C@H]3C(N)=O)c2c1. The van der Waals surface area contributed by atoms with Gasteiger partial charge in [0.2, 0.25) is 5.91 Å². The fourth-order valence-electron chi connectivity index (χ4n) is 3.34. The van der Waals surface area contributed by atoms with Crippen LogP contribution in [0.2, 0.25) is 0 Å². The summed E-state index contributed by atoms with van der Waals surface area (Å²) in [5.74, 6) is -1.42. The molecule has 6 nitrogen and oxygen atoms in total. The van der Waals surface area contributed by atoms with Gasteiger partial charge in [0, 0.05) is 29.2 Å². The second kappa shape index (κ2) is 5.46. The highest BCUT2D eigenvalue weighted by Gasteiger charge is 2.39. The quantitative estimate of drug-likeness (QED) is 0.797. The molecule has 3 rings (SSSR count). The predicted octanol–water partition coefficient (Wildman–Crippen LogP) is 1.55. The minimum Gasteiger partial charge on any atom is -0.480 e. The molecule has 116 valence electrons. The number of likely N-dealkylation sites (tertiary alicyclic amines) is 1. The van der Waals surface area contributed by atoms with Crippen LogP contribution in [0.4, 0.5) is 0 Å². The molecule has 1 fully saturated rings. The number of hydrogen-bond donors (Lipinski definition) is 3. The number of nitrogens with zero attached hydrogens (tertiary/aromatic N) is 1. The van der Waals surface area contributed by atoms with Crippen molar-refractivity contribution in [2.45, 2.75) is 31.8 Å². The van der Waals surface area contributed by atoms with Gasteiger partial charge in [-0.25, -0.2) is 0 Å². The first-order valence-corrected chi connectivity index (χ1v) is 7.34. The van der Waals surface area contributed by atoms with Crippen LogP contribution < -0.4 is 5.73 Å². The van der Waals surface area contributed by atoms with Gasteiger partial charge in [0.1, 0.15) is 6.04 Å². The van der Waals surface area contributed by atoms with Crippen LogP contribution in [-0.4, -0.2) is 39.5 Å². The van der Waals surface area contributed by atoms with E-state index in [0.29, 0.717) is 18.5 Å². The monoisotopic (exact) mass is 301 g/mol. The van der Waals surface area contributed by atoms with Crippen LogP contribution in [-0.2, 0) is 9.59 Å². The van der Waals surface area contributed by atoms with E-state index >= 15 is 0 Å². The summed E-state index contributed by atoms with van der Waals surface area (Å²) in [5, 5.41) is 10.6. The van der Waals surface area contributed by atoms with E-state index < -0.39 is 24.0 Å². The Bertz CT molecular complexity index is 737. The largest absolute Gasteiger partial charge is 0.480 e. The molecule has 0 saturated carbocycles. The van der Waals surface area contributed by atoms with Gasteiger partial charge >= 0.3 is 5.97 Å². The molecule has 4 N–H and O–H groups in total. The molecule has 0 bridgehead atoms. The number of aliphatic carboxylic acids is 1. The standard InChI is InChI=1S/C16H19N3O3/c1-9-4-5-12-10(7-9)11(8-18-12)14(16(21)22)19-6-2-3-13(19)15(17)20/h4-5,7-8,13-14,18H,2-3,6H2,1H3,(H2,17,20)(H,21,22)/t13-,14-/m0/s1. The second-order valence-electron chi connectivity index (χ2n) is 5.83. The summed E-state index contributed by atoms with van der Waals surface area (Å²) in [4.78, 5) is 28.3. The number of carbonyl (C=O) groups excluding carboxylic acids is 1. The number of carbonyl (C=O) groups is 2. The molecule has 22 heavy (non-hydrogen) atoms. The van der Waals surface area contributed by atoms with Gasteiger partial charge in [0.15, 0.2) is 0 Å². The van der Waals surface area contributed by atoms with Crippen LogP contribution in [0.25, 0.3) is 10.9 Å². The molecule has 0 aliphatic carbocycles. The van der Waals surface area contributed by atoms with Gasteiger partial charge in [-0.15, -0.1) is 0 Å². The number of carboxylic acids is 1. The minimum atomic E-state index is -0.962. The summed E-state index contributed by atoms with van der Waals surface area (Å²) in [5.41, 5.74) is 8.07. The molecule has 6 heteroatoms. The van der Waals surface area contributed by atoms with Crippen LogP contribution in [0, 0.1) is 6.92 Å². The number of H-pyrrole nitrogens is 1. The third-order valence-electron chi connectivity index (χ3n) is 4.35. The van der Waals surface area contributed by atoms with Crippen LogP contribution in [0.15, 0.2) is 24.4 Å². The number of fused-ring (bicyclic) bond motifs is 1. The van der Waals surface area contributed by atoms with E-state index in [0.717, 1.165) is 22.9 Å². The molecular formula is C16H19N3O3. The fourth-order valence-corrected chi connectivity index (χ4v) is 3.34. The van der Waals surface area contributed by atoms with E-state index in [4.69, 9.17) is 5.73 Å². The van der Waals surface area contributed by atoms with Gasteiger partial charge in [-0.1, -0.05) is 11.6 Å². The Balaban J connectivity index is 2.09. The number of hydrogen-bond acceptors (Lipinski definition) is 3. The average Bonchev–Trinajstić information content (AvgIpc) is 3.07. The van der Waals surface area contributed by atoms with E-state index in [9.17, 15) is 14.7 Å². The average molecular weight is 301 g/mol. The molecule has 0 radical (unpaired) electrons. The van der Waals surface area contributed by atoms with E-state index in [1.165, 1.54) is 0 Å². The summed E-state index contributed by atoms with van der Waals surface area (Å²) < 4.78 is 0. The van der Waals surface area contributed by atoms with Crippen molar-refractivity contribution in [3.63, 3.8) is 0 Å². The number of amides is 1. The third-order valence-corrected chi connectivity index (χ3v) is 4.35. The van der Waals surface area contributed by atoms with E-state index in [1.807, 2.05) is 25.1 Å². The molecule has 1 saturated heterocycles. The molecule has 1 aromatic heterocycles. The van der Waals surface area contributed by atoms with Crippen molar-refractivity contribution in [1.82, 2.24) is 9.88 Å². The van der Waals surface area contributed by atoms with Crippen molar-refractivity contribution < 1.29 is 14.7 Å². The Kier molecular flexibility index (Phi) is 3.62. The fraction of sp³-hybridized carbons (Fsp3) is 0.375. The van der Waals surface area contributed by atoms with Gasteiger partial charge in [0.05, 0.1) is 6.04 Å². The first kappa shape index (κ1) is 14.6. The minimum absolute atomic E-state index is 0.459. The lowest BCUT2D eigenvalue weighted by molar-refractivity contribution is -0.144. The van der Waals surface area contributed by atoms with Crippen molar-refractivity contribution in [3.05, 3.63) is 35.5 Å². The van der Waals surface area contributed by atoms with Crippen molar-refractivity contribution in [1.29, 1.82) is 0 Å². The maximum Gasteiger partial charge on any atom is 0.325 e. The van der Waals surface area contributed by atoms with Gasteiger partial charge in [-0.2, -0.15) is 0 Å². The Labute approximate surface area is 127 Å². The van der Waals surface area contributed by atoms with Gasteiger partial charge in [-0.05, 0) is 31.9 Å². The number of nitrogens with one attached hydrogen (secondary N) is 1. The summed E-state index contributed by atoms with van der Waals surface area (Å²) >= 11 is 0. The van der Waals surface area contributed by atoms with E-state index in [2.05, 4.69) is 4.98 Å². The second-order valence-corrected chi connectivity index (χ2v) is 5.83. The van der Waals surface area contributed by atoms with Gasteiger partial charge < -0.3 is 15.8 Å². The molecule has 2 aromatic rings. The van der Waals surface area contributed by atoms with Crippen LogP contribution in [0.3, 0.4) is 0 Å². The highest BCUT2D eigenvalue weighted by molar-refractivity contribution is 5.90. The zero-order valence-corrected chi connectivity index (χ0v) is 12.4. The summed E-state index contributed by atoms with van der Waals surface area (Å²) in [7, 11) is 0. The maximum atomic E-state index is 11.9. The number of aromatic amines is 1. The van der Waals surface area contributed by atoms with E-state index in [1.54, 1.807) is 11.1 Å². The lowest BCUT2D eigenvalue weighted by atomic mass is 10.0. The normalized spacial score (nSPS) is 20.3. The van der Waals surface area contributed by atoms with Crippen molar-refractivity contribution in [3.8, 4) is 0 Å². The Morgan fingerprint density at radius 1 is 1.45 bits per heavy atom. The molecule has 1 aliphatic rings. The van der Waals surface area contributed by atoms with Crippen molar-refractivity contribution in [2.75, 3.05) is 6.54 Å². The highest BCUT2D eigenvalue weighted by Crippen LogP contribution is 2.34. The molecule has 0 unspecified atom stereocenters. The maximum absolute atomic E-state index is 11.9. The molecule has 2 atom stereocenters. The Morgan fingerprint density at radius 3 is 2.91 bits per heavy atom. The predicted molar refractivity (Wildman–Crippen MR) is 82.3 cm³/mol. The van der Waals surface area contributed by atoms with Crippen molar-refractivity contribution in [2.24, 2.45) is 5.73 Å². The number of benzene rings is 1. The Hall–Kier alpha value is -2.34. The van der Waals surface area contributed by atoms with Crippen LogP contribution >= 0.6 is 0 Å². The molecular weight excluding hydrogens is 282 g/mol. The highest BCUT2D eigenvalue weighted by atomic mass is 16.4. The molecule has 2 heterocycles. The zero-order valence-electron chi connectivity index (χ0n) is 12.4. The third kappa shape index (κ3) is 2.35. The number of aryl methyl sites for hydroxylation is 1. The van der Waals surface area contributed by atoms with Crippen LogP contribution in [0.1, 0.15) is 30.0 Å². The van der Waals surface area contributed by atoms with Gasteiger partial charge in [-0.3, -0.25) is 14.5 Å². The smallest absolute Gasteiger partial charge is 0.325 e. The van der Waals surface area contributed by atoms with Crippen molar-refractivity contribution >= 4 is 22.8 Å². The lowest BCUT2D eigenvalue weighted by Gasteiger charge is -2.28. The summed E-state index contributed by atoms with van der Waals surface area (Å²) in [6.07, 6.45) is 3.11. The molecule has 1 aromatic carbocycles. The Morgan fingerprint density at radius 2 is 2.23 bits per heavy atom. The zero-order chi connectivity index (χ0) is 15.9. The van der Waals surface area contributed by atoms with Gasteiger partial charge in [0.25, 0.3) is 0 Å². The molecule has 0 spiro atoms. The lowest BCUT2D eigenvalue weighted by Crippen LogP contribution is -2.44. The number of primary amides is 1.